The number of nitrogens with zero attached hydrogens (tertiary/aromatic N) is 1. The molecule has 0 atom stereocenters. The number of Topliss-reactive ketones (excluding diaryl/α,β-unsaturated/α-hetero) is 1. The van der Waals surface area contributed by atoms with E-state index in [-0.39, 0.29) is 11.8 Å². The highest BCUT2D eigenvalue weighted by molar-refractivity contribution is 5.82. The third-order valence-corrected chi connectivity index (χ3v) is 6.48. The Morgan fingerprint density at radius 2 is 1.43 bits per heavy atom. The van der Waals surface area contributed by atoms with E-state index in [1.54, 1.807) is 0 Å². The molecular weight excluding hydrogens is 354 g/mol. The largest absolute Gasteiger partial charge is 0.379 e. The Bertz CT molecular complexity index is 463. The van der Waals surface area contributed by atoms with Gasteiger partial charge in [-0.25, -0.2) is 0 Å². The molecule has 5 nitrogen and oxygen atoms in total. The number of carbonyl (C=O) groups is 2. The summed E-state index contributed by atoms with van der Waals surface area (Å²) in [6.07, 6.45) is 8.24. The molecule has 2 aliphatic rings. The zero-order valence-corrected chi connectivity index (χ0v) is 18.3. The minimum Gasteiger partial charge on any atom is -0.379 e. The molecule has 1 amide bonds. The molecule has 162 valence electrons. The Hall–Kier alpha value is -0.940. The standard InChI is InChI=1S/C23H41NO4/c1-4-14-27-16-17-28-15-11-22(25)24-12-9-20(10-13-24)19-5-7-21(8-6-19)23(26)18(2)3/h18-21H,4-17H2,1-3H3. The lowest BCUT2D eigenvalue weighted by atomic mass is 9.71. The van der Waals surface area contributed by atoms with Gasteiger partial charge in [0.05, 0.1) is 26.2 Å². The number of ether oxygens (including phenoxy) is 2. The normalized spacial score (nSPS) is 23.9. The molecule has 0 bridgehead atoms. The van der Waals surface area contributed by atoms with Gasteiger partial charge in [-0.2, -0.15) is 0 Å². The maximum Gasteiger partial charge on any atom is 0.224 e. The molecule has 0 spiro atoms. The smallest absolute Gasteiger partial charge is 0.224 e. The van der Waals surface area contributed by atoms with E-state index < -0.39 is 0 Å². The summed E-state index contributed by atoms with van der Waals surface area (Å²) in [6, 6.07) is 0. The third-order valence-electron chi connectivity index (χ3n) is 6.48. The first-order valence-electron chi connectivity index (χ1n) is 11.5. The van der Waals surface area contributed by atoms with Crippen LogP contribution in [0.1, 0.15) is 72.1 Å². The fourth-order valence-electron chi connectivity index (χ4n) is 4.75. The number of ketones is 1. The molecule has 0 aromatic carbocycles. The van der Waals surface area contributed by atoms with Crippen LogP contribution in [0.15, 0.2) is 0 Å². The number of hydrogen-bond donors (Lipinski definition) is 0. The summed E-state index contributed by atoms with van der Waals surface area (Å²) in [5.74, 6) is 2.62. The molecule has 2 rings (SSSR count). The molecule has 0 N–H and O–H groups in total. The van der Waals surface area contributed by atoms with Gasteiger partial charge in [-0.1, -0.05) is 20.8 Å². The molecule has 1 saturated carbocycles. The van der Waals surface area contributed by atoms with Gasteiger partial charge in [-0.15, -0.1) is 0 Å². The lowest BCUT2D eigenvalue weighted by molar-refractivity contribution is -0.134. The lowest BCUT2D eigenvalue weighted by Crippen LogP contribution is -2.41. The molecule has 0 aromatic heterocycles. The van der Waals surface area contributed by atoms with Crippen LogP contribution in [-0.2, 0) is 19.1 Å². The summed E-state index contributed by atoms with van der Waals surface area (Å²) >= 11 is 0. The molecule has 0 unspecified atom stereocenters. The van der Waals surface area contributed by atoms with Gasteiger partial charge in [0, 0.05) is 31.5 Å². The number of piperidine rings is 1. The van der Waals surface area contributed by atoms with E-state index in [2.05, 4.69) is 6.92 Å². The van der Waals surface area contributed by atoms with Gasteiger partial charge in [0.1, 0.15) is 5.78 Å². The number of carbonyl (C=O) groups excluding carboxylic acids is 2. The molecule has 1 saturated heterocycles. The highest BCUT2D eigenvalue weighted by Crippen LogP contribution is 2.38. The van der Waals surface area contributed by atoms with Gasteiger partial charge in [-0.3, -0.25) is 9.59 Å². The van der Waals surface area contributed by atoms with E-state index in [4.69, 9.17) is 9.47 Å². The van der Waals surface area contributed by atoms with Gasteiger partial charge in [0.2, 0.25) is 5.91 Å². The molecule has 1 heterocycles. The Labute approximate surface area is 171 Å². The Morgan fingerprint density at radius 1 is 0.857 bits per heavy atom. The maximum absolute atomic E-state index is 12.4. The van der Waals surface area contributed by atoms with Gasteiger partial charge >= 0.3 is 0 Å². The van der Waals surface area contributed by atoms with Crippen molar-refractivity contribution < 1.29 is 19.1 Å². The van der Waals surface area contributed by atoms with E-state index in [1.807, 2.05) is 18.7 Å². The van der Waals surface area contributed by atoms with Gasteiger partial charge in [0.15, 0.2) is 0 Å². The predicted molar refractivity (Wildman–Crippen MR) is 111 cm³/mol. The molecule has 28 heavy (non-hydrogen) atoms. The molecule has 0 radical (unpaired) electrons. The first-order chi connectivity index (χ1) is 13.5. The quantitative estimate of drug-likeness (QED) is 0.495. The third kappa shape index (κ3) is 7.47. The van der Waals surface area contributed by atoms with Crippen molar-refractivity contribution in [3.8, 4) is 0 Å². The summed E-state index contributed by atoms with van der Waals surface area (Å²) in [4.78, 5) is 26.6. The number of amides is 1. The van der Waals surface area contributed by atoms with Gasteiger partial charge in [-0.05, 0) is 56.8 Å². The van der Waals surface area contributed by atoms with Crippen LogP contribution in [0.2, 0.25) is 0 Å². The summed E-state index contributed by atoms with van der Waals surface area (Å²) < 4.78 is 10.9. The minimum absolute atomic E-state index is 0.170. The first kappa shape index (κ1) is 23.3. The van der Waals surface area contributed by atoms with Crippen LogP contribution in [0, 0.1) is 23.7 Å². The van der Waals surface area contributed by atoms with Crippen LogP contribution >= 0.6 is 0 Å². The van der Waals surface area contributed by atoms with E-state index in [9.17, 15) is 9.59 Å². The van der Waals surface area contributed by atoms with Crippen molar-refractivity contribution >= 4 is 11.7 Å². The summed E-state index contributed by atoms with van der Waals surface area (Å²) in [7, 11) is 0. The summed E-state index contributed by atoms with van der Waals surface area (Å²) in [5.41, 5.74) is 0. The fourth-order valence-corrected chi connectivity index (χ4v) is 4.75. The van der Waals surface area contributed by atoms with E-state index in [1.165, 1.54) is 12.8 Å². The number of hydrogen-bond acceptors (Lipinski definition) is 4. The van der Waals surface area contributed by atoms with Crippen molar-refractivity contribution in [3.05, 3.63) is 0 Å². The van der Waals surface area contributed by atoms with Gasteiger partial charge in [0.25, 0.3) is 0 Å². The van der Waals surface area contributed by atoms with Crippen LogP contribution in [0.25, 0.3) is 0 Å². The average molecular weight is 396 g/mol. The topological polar surface area (TPSA) is 55.8 Å². The predicted octanol–water partition coefficient (Wildman–Crippen LogP) is 4.09. The van der Waals surface area contributed by atoms with E-state index >= 15 is 0 Å². The number of rotatable bonds is 11. The average Bonchev–Trinajstić information content (AvgIpc) is 2.72. The minimum atomic E-state index is 0.170. The molecule has 0 aromatic rings. The Kier molecular flexibility index (Phi) is 10.5. The second-order valence-electron chi connectivity index (χ2n) is 8.86. The monoisotopic (exact) mass is 395 g/mol. The molecular formula is C23H41NO4. The van der Waals surface area contributed by atoms with Crippen LogP contribution in [0.3, 0.4) is 0 Å². The van der Waals surface area contributed by atoms with Crippen LogP contribution in [0.5, 0.6) is 0 Å². The van der Waals surface area contributed by atoms with E-state index in [0.717, 1.165) is 63.6 Å². The fraction of sp³-hybridized carbons (Fsp3) is 0.913. The SMILES string of the molecule is CCCOCCOCCC(=O)N1CCC(C2CCC(C(=O)C(C)C)CC2)CC1. The summed E-state index contributed by atoms with van der Waals surface area (Å²) in [6.45, 7) is 10.3. The lowest BCUT2D eigenvalue weighted by Gasteiger charge is -2.39. The Morgan fingerprint density at radius 3 is 2.00 bits per heavy atom. The van der Waals surface area contributed by atoms with Crippen LogP contribution in [-0.4, -0.2) is 56.1 Å². The molecule has 5 heteroatoms. The highest BCUT2D eigenvalue weighted by atomic mass is 16.5. The van der Waals surface area contributed by atoms with Crippen molar-refractivity contribution in [2.75, 3.05) is 39.5 Å². The maximum atomic E-state index is 12.4. The Balaban J connectivity index is 1.58. The second kappa shape index (κ2) is 12.6. The van der Waals surface area contributed by atoms with Gasteiger partial charge < -0.3 is 14.4 Å². The zero-order chi connectivity index (χ0) is 20.4. The number of likely N-dealkylation sites (tertiary alicyclic amines) is 1. The first-order valence-corrected chi connectivity index (χ1v) is 11.5. The highest BCUT2D eigenvalue weighted by Gasteiger charge is 2.33. The van der Waals surface area contributed by atoms with Crippen molar-refractivity contribution in [2.45, 2.75) is 72.1 Å². The van der Waals surface area contributed by atoms with Crippen molar-refractivity contribution in [3.63, 3.8) is 0 Å². The molecule has 1 aliphatic carbocycles. The molecule has 2 fully saturated rings. The van der Waals surface area contributed by atoms with Crippen LogP contribution < -0.4 is 0 Å². The van der Waals surface area contributed by atoms with Crippen molar-refractivity contribution in [1.29, 1.82) is 0 Å². The van der Waals surface area contributed by atoms with E-state index in [0.29, 0.717) is 37.9 Å². The zero-order valence-electron chi connectivity index (χ0n) is 18.3. The van der Waals surface area contributed by atoms with Crippen molar-refractivity contribution in [1.82, 2.24) is 4.90 Å². The van der Waals surface area contributed by atoms with Crippen molar-refractivity contribution in [2.24, 2.45) is 23.7 Å². The van der Waals surface area contributed by atoms with Crippen LogP contribution in [0.4, 0.5) is 0 Å². The molecule has 1 aliphatic heterocycles. The summed E-state index contributed by atoms with van der Waals surface area (Å²) in [5, 5.41) is 0. The second-order valence-corrected chi connectivity index (χ2v) is 8.86.